The molecule has 3 heteroatoms. The van der Waals surface area contributed by atoms with Crippen LogP contribution in [0.25, 0.3) is 77.3 Å². The summed E-state index contributed by atoms with van der Waals surface area (Å²) in [6, 6.07) is 66.0. The van der Waals surface area contributed by atoms with E-state index in [1.54, 1.807) is 0 Å². The first-order chi connectivity index (χ1) is 25.3. The summed E-state index contributed by atoms with van der Waals surface area (Å²) in [6.07, 6.45) is 0. The van der Waals surface area contributed by atoms with Gasteiger partial charge in [-0.1, -0.05) is 140 Å². The summed E-state index contributed by atoms with van der Waals surface area (Å²) in [4.78, 5) is 2.35. The van der Waals surface area contributed by atoms with Gasteiger partial charge >= 0.3 is 0 Å². The Hall–Kier alpha value is -6.84. The first-order valence-electron chi connectivity index (χ1n) is 17.3. The molecule has 2 aromatic heterocycles. The minimum atomic E-state index is 0.832. The van der Waals surface area contributed by atoms with Gasteiger partial charge in [-0.15, -0.1) is 0 Å². The Kier molecular flexibility index (Phi) is 6.81. The zero-order valence-corrected chi connectivity index (χ0v) is 27.7. The van der Waals surface area contributed by atoms with Gasteiger partial charge in [0.1, 0.15) is 22.3 Å². The van der Waals surface area contributed by atoms with Gasteiger partial charge in [0.15, 0.2) is 0 Å². The number of fused-ring (bicyclic) bond motifs is 6. The van der Waals surface area contributed by atoms with Gasteiger partial charge < -0.3 is 13.7 Å². The van der Waals surface area contributed by atoms with Crippen molar-refractivity contribution in [3.63, 3.8) is 0 Å². The van der Waals surface area contributed by atoms with Crippen LogP contribution in [0.3, 0.4) is 0 Å². The van der Waals surface area contributed by atoms with E-state index < -0.39 is 0 Å². The quantitative estimate of drug-likeness (QED) is 0.179. The summed E-state index contributed by atoms with van der Waals surface area (Å²) in [5, 5.41) is 4.20. The molecule has 0 amide bonds. The molecule has 0 saturated carbocycles. The molecule has 10 aromatic rings. The minimum Gasteiger partial charge on any atom is -0.456 e. The number of anilines is 3. The third-order valence-electron chi connectivity index (χ3n) is 9.87. The maximum Gasteiger partial charge on any atom is 0.144 e. The number of rotatable bonds is 6. The Morgan fingerprint density at radius 2 is 0.941 bits per heavy atom. The van der Waals surface area contributed by atoms with Crippen LogP contribution in [0.1, 0.15) is 0 Å². The second kappa shape index (κ2) is 11.9. The van der Waals surface area contributed by atoms with Gasteiger partial charge in [-0.2, -0.15) is 0 Å². The van der Waals surface area contributed by atoms with Crippen LogP contribution >= 0.6 is 0 Å². The highest BCUT2D eigenvalue weighted by Gasteiger charge is 2.23. The number of hydrogen-bond acceptors (Lipinski definition) is 3. The molecule has 8 aromatic carbocycles. The average Bonchev–Trinajstić information content (AvgIpc) is 3.76. The van der Waals surface area contributed by atoms with Crippen LogP contribution in [0, 0.1) is 0 Å². The lowest BCUT2D eigenvalue weighted by molar-refractivity contribution is 0.664. The van der Waals surface area contributed by atoms with Crippen LogP contribution < -0.4 is 4.90 Å². The zero-order valence-electron chi connectivity index (χ0n) is 27.7. The SMILES string of the molecule is c1ccc(-c2ccc(N(c3ccc4oc5c(-c6ccccc6)c6c(cc5c4c3)oc3ccccc36)c3ccccc3-c3ccccc3)cc2)cc1. The number of benzene rings is 8. The Morgan fingerprint density at radius 1 is 0.353 bits per heavy atom. The van der Waals surface area contributed by atoms with Gasteiger partial charge in [0, 0.05) is 44.0 Å². The van der Waals surface area contributed by atoms with Crippen molar-refractivity contribution in [3.8, 4) is 33.4 Å². The molecule has 0 unspecified atom stereocenters. The number of nitrogens with zero attached hydrogens (tertiary/aromatic N) is 1. The van der Waals surface area contributed by atoms with Crippen molar-refractivity contribution in [2.24, 2.45) is 0 Å². The second-order valence-electron chi connectivity index (χ2n) is 12.9. The Bertz CT molecular complexity index is 2830. The first-order valence-corrected chi connectivity index (χ1v) is 17.3. The smallest absolute Gasteiger partial charge is 0.144 e. The molecule has 0 saturated heterocycles. The lowest BCUT2D eigenvalue weighted by Gasteiger charge is -2.28. The highest BCUT2D eigenvalue weighted by Crippen LogP contribution is 2.47. The fraction of sp³-hybridized carbons (Fsp3) is 0. The molecule has 10 rings (SSSR count). The fourth-order valence-electron chi connectivity index (χ4n) is 7.51. The summed E-state index contributed by atoms with van der Waals surface area (Å²) >= 11 is 0. The molecular weight excluding hydrogens is 623 g/mol. The summed E-state index contributed by atoms with van der Waals surface area (Å²) in [5.41, 5.74) is 13.4. The molecular formula is C48H31NO2. The van der Waals surface area contributed by atoms with Crippen molar-refractivity contribution in [2.45, 2.75) is 0 Å². The lowest BCUT2D eigenvalue weighted by Crippen LogP contribution is -2.11. The fourth-order valence-corrected chi connectivity index (χ4v) is 7.51. The van der Waals surface area contributed by atoms with Crippen LogP contribution in [-0.4, -0.2) is 0 Å². The van der Waals surface area contributed by atoms with E-state index in [1.165, 1.54) is 11.1 Å². The molecule has 2 heterocycles. The van der Waals surface area contributed by atoms with Crippen LogP contribution in [0.5, 0.6) is 0 Å². The molecule has 51 heavy (non-hydrogen) atoms. The molecule has 0 spiro atoms. The maximum absolute atomic E-state index is 6.81. The summed E-state index contributed by atoms with van der Waals surface area (Å²) in [6.45, 7) is 0. The number of furan rings is 2. The monoisotopic (exact) mass is 653 g/mol. The molecule has 0 bridgehead atoms. The van der Waals surface area contributed by atoms with Crippen molar-refractivity contribution >= 4 is 60.9 Å². The lowest BCUT2D eigenvalue weighted by atomic mass is 9.96. The van der Waals surface area contributed by atoms with Gasteiger partial charge in [-0.05, 0) is 70.8 Å². The zero-order chi connectivity index (χ0) is 33.7. The van der Waals surface area contributed by atoms with Crippen molar-refractivity contribution in [1.82, 2.24) is 0 Å². The molecule has 0 N–H and O–H groups in total. The summed E-state index contributed by atoms with van der Waals surface area (Å²) in [7, 11) is 0. The van der Waals surface area contributed by atoms with Crippen molar-refractivity contribution in [2.75, 3.05) is 4.90 Å². The van der Waals surface area contributed by atoms with E-state index in [2.05, 4.69) is 175 Å². The van der Waals surface area contributed by atoms with Crippen LogP contribution in [0.4, 0.5) is 17.1 Å². The third kappa shape index (κ3) is 4.90. The molecule has 0 fully saturated rings. The van der Waals surface area contributed by atoms with Gasteiger partial charge in [0.05, 0.1) is 5.69 Å². The highest BCUT2D eigenvalue weighted by molar-refractivity contribution is 6.23. The van der Waals surface area contributed by atoms with E-state index in [0.29, 0.717) is 0 Å². The standard InChI is InChI=1S/C48H31NO2/c1-4-14-32(15-5-1)33-24-26-36(27-25-33)49(42-22-12-10-20-38(42)34-16-6-2-7-17-34)37-28-29-44-40(30-37)41-31-45-47(39-21-11-13-23-43(39)50-45)46(48(41)51-44)35-18-8-3-9-19-35/h1-31H. The Balaban J connectivity index is 1.22. The van der Waals surface area contributed by atoms with E-state index in [0.717, 1.165) is 83.2 Å². The van der Waals surface area contributed by atoms with Gasteiger partial charge in [-0.25, -0.2) is 0 Å². The van der Waals surface area contributed by atoms with Crippen molar-refractivity contribution < 1.29 is 8.83 Å². The van der Waals surface area contributed by atoms with Gasteiger partial charge in [-0.3, -0.25) is 0 Å². The largest absolute Gasteiger partial charge is 0.456 e. The number of hydrogen-bond donors (Lipinski definition) is 0. The third-order valence-corrected chi connectivity index (χ3v) is 9.87. The second-order valence-corrected chi connectivity index (χ2v) is 12.9. The van der Waals surface area contributed by atoms with E-state index in [9.17, 15) is 0 Å². The average molecular weight is 654 g/mol. The molecule has 0 aliphatic rings. The normalized spacial score (nSPS) is 11.5. The van der Waals surface area contributed by atoms with E-state index in [-0.39, 0.29) is 0 Å². The molecule has 0 atom stereocenters. The molecule has 0 aliphatic carbocycles. The van der Waals surface area contributed by atoms with Crippen LogP contribution in [-0.2, 0) is 0 Å². The Labute approximate surface area is 295 Å². The van der Waals surface area contributed by atoms with Crippen molar-refractivity contribution in [1.29, 1.82) is 0 Å². The number of para-hydroxylation sites is 2. The summed E-state index contributed by atoms with van der Waals surface area (Å²) in [5.74, 6) is 0. The topological polar surface area (TPSA) is 29.5 Å². The molecule has 240 valence electrons. The van der Waals surface area contributed by atoms with E-state index in [1.807, 2.05) is 18.2 Å². The predicted molar refractivity (Wildman–Crippen MR) is 212 cm³/mol. The molecule has 0 aliphatic heterocycles. The van der Waals surface area contributed by atoms with Crippen LogP contribution in [0.2, 0.25) is 0 Å². The Morgan fingerprint density at radius 3 is 1.71 bits per heavy atom. The first kappa shape index (κ1) is 29.1. The summed E-state index contributed by atoms with van der Waals surface area (Å²) < 4.78 is 13.3. The van der Waals surface area contributed by atoms with Gasteiger partial charge in [0.25, 0.3) is 0 Å². The molecule has 0 radical (unpaired) electrons. The van der Waals surface area contributed by atoms with Crippen molar-refractivity contribution in [3.05, 3.63) is 188 Å². The van der Waals surface area contributed by atoms with Gasteiger partial charge in [0.2, 0.25) is 0 Å². The van der Waals surface area contributed by atoms with E-state index in [4.69, 9.17) is 8.83 Å². The highest BCUT2D eigenvalue weighted by atomic mass is 16.3. The predicted octanol–water partition coefficient (Wildman–Crippen LogP) is 14.0. The minimum absolute atomic E-state index is 0.832. The molecule has 3 nitrogen and oxygen atoms in total. The van der Waals surface area contributed by atoms with E-state index >= 15 is 0 Å². The van der Waals surface area contributed by atoms with Crippen LogP contribution in [0.15, 0.2) is 197 Å². The maximum atomic E-state index is 6.81.